The van der Waals surface area contributed by atoms with Crippen LogP contribution in [0.4, 0.5) is 0 Å². The third kappa shape index (κ3) is 6.03. The standard InChI is InChI=1S/C45H37N5/c1-28(2)38-27-40(29(3)4)47-42-37(38)24-22-32-23-25-39(46-41(32)42)35-16-11-17-36(26-35)45-49-43(33-14-9-6-10-15-33)48-44(50-45)34-20-18-31(19-21-34)30-12-7-5-8-13-30/h5-29H,1-4H3. The molecule has 0 amide bonds. The van der Waals surface area contributed by atoms with Gasteiger partial charge in [-0.1, -0.05) is 149 Å². The van der Waals surface area contributed by atoms with Gasteiger partial charge < -0.3 is 0 Å². The third-order valence-electron chi connectivity index (χ3n) is 9.24. The average molecular weight is 648 g/mol. The lowest BCUT2D eigenvalue weighted by molar-refractivity contribution is 0.811. The predicted octanol–water partition coefficient (Wildman–Crippen LogP) is 11.5. The molecule has 0 fully saturated rings. The molecule has 0 unspecified atom stereocenters. The second-order valence-corrected chi connectivity index (χ2v) is 13.4. The summed E-state index contributed by atoms with van der Waals surface area (Å²) in [5.41, 5.74) is 11.2. The molecule has 3 heterocycles. The molecule has 8 aromatic rings. The van der Waals surface area contributed by atoms with Gasteiger partial charge in [-0.25, -0.2) is 19.9 Å². The van der Waals surface area contributed by atoms with Crippen molar-refractivity contribution in [1.82, 2.24) is 24.9 Å². The highest BCUT2D eigenvalue weighted by Crippen LogP contribution is 2.34. The molecular weight excluding hydrogens is 611 g/mol. The number of pyridine rings is 2. The van der Waals surface area contributed by atoms with E-state index in [-0.39, 0.29) is 0 Å². The van der Waals surface area contributed by atoms with Crippen molar-refractivity contribution in [3.05, 3.63) is 151 Å². The second kappa shape index (κ2) is 13.1. The zero-order valence-electron chi connectivity index (χ0n) is 28.7. The first-order valence-corrected chi connectivity index (χ1v) is 17.2. The molecule has 5 nitrogen and oxygen atoms in total. The smallest absolute Gasteiger partial charge is 0.164 e. The topological polar surface area (TPSA) is 64.5 Å². The van der Waals surface area contributed by atoms with Crippen LogP contribution in [0.2, 0.25) is 0 Å². The highest BCUT2D eigenvalue weighted by Gasteiger charge is 2.16. The molecule has 0 N–H and O–H groups in total. The molecule has 0 atom stereocenters. The number of nitrogens with zero attached hydrogens (tertiary/aromatic N) is 5. The number of aromatic nitrogens is 5. The van der Waals surface area contributed by atoms with E-state index in [2.05, 4.69) is 125 Å². The van der Waals surface area contributed by atoms with Crippen LogP contribution in [-0.4, -0.2) is 24.9 Å². The van der Waals surface area contributed by atoms with E-state index >= 15 is 0 Å². The molecule has 3 aromatic heterocycles. The quantitative estimate of drug-likeness (QED) is 0.161. The fourth-order valence-electron chi connectivity index (χ4n) is 6.46. The van der Waals surface area contributed by atoms with Gasteiger partial charge in [0.2, 0.25) is 0 Å². The van der Waals surface area contributed by atoms with Crippen LogP contribution in [0.5, 0.6) is 0 Å². The van der Waals surface area contributed by atoms with Crippen molar-refractivity contribution in [1.29, 1.82) is 0 Å². The average Bonchev–Trinajstić information content (AvgIpc) is 3.17. The van der Waals surface area contributed by atoms with Crippen LogP contribution in [0.1, 0.15) is 50.8 Å². The van der Waals surface area contributed by atoms with Gasteiger partial charge in [-0.15, -0.1) is 0 Å². The molecule has 0 aliphatic heterocycles. The van der Waals surface area contributed by atoms with Crippen molar-refractivity contribution in [3.8, 4) is 56.5 Å². The molecule has 5 heteroatoms. The minimum atomic E-state index is 0.319. The van der Waals surface area contributed by atoms with Crippen molar-refractivity contribution in [2.24, 2.45) is 0 Å². The Bertz CT molecular complexity index is 2470. The predicted molar refractivity (Wildman–Crippen MR) is 206 cm³/mol. The lowest BCUT2D eigenvalue weighted by atomic mass is 9.94. The largest absolute Gasteiger partial charge is 0.250 e. The summed E-state index contributed by atoms with van der Waals surface area (Å²) in [5.74, 6) is 2.57. The van der Waals surface area contributed by atoms with Gasteiger partial charge in [0.05, 0.1) is 16.7 Å². The van der Waals surface area contributed by atoms with Gasteiger partial charge in [-0.3, -0.25) is 4.98 Å². The van der Waals surface area contributed by atoms with Crippen LogP contribution >= 0.6 is 0 Å². The van der Waals surface area contributed by atoms with E-state index in [0.717, 1.165) is 55.6 Å². The van der Waals surface area contributed by atoms with E-state index in [1.807, 2.05) is 42.5 Å². The van der Waals surface area contributed by atoms with Crippen LogP contribution in [0.15, 0.2) is 140 Å². The van der Waals surface area contributed by atoms with Crippen LogP contribution in [0, 0.1) is 0 Å². The Morgan fingerprint density at radius 1 is 0.380 bits per heavy atom. The number of fused-ring (bicyclic) bond motifs is 3. The maximum absolute atomic E-state index is 5.26. The van der Waals surface area contributed by atoms with Crippen molar-refractivity contribution in [2.75, 3.05) is 0 Å². The van der Waals surface area contributed by atoms with Crippen molar-refractivity contribution in [2.45, 2.75) is 39.5 Å². The van der Waals surface area contributed by atoms with Crippen molar-refractivity contribution < 1.29 is 0 Å². The normalized spacial score (nSPS) is 11.6. The maximum atomic E-state index is 5.26. The van der Waals surface area contributed by atoms with Crippen LogP contribution in [0.25, 0.3) is 78.4 Å². The van der Waals surface area contributed by atoms with Crippen LogP contribution in [0.3, 0.4) is 0 Å². The third-order valence-corrected chi connectivity index (χ3v) is 9.24. The van der Waals surface area contributed by atoms with Gasteiger partial charge in [0.15, 0.2) is 17.5 Å². The van der Waals surface area contributed by atoms with E-state index in [4.69, 9.17) is 24.9 Å². The molecule has 0 aliphatic rings. The number of hydrogen-bond donors (Lipinski definition) is 0. The highest BCUT2D eigenvalue weighted by atomic mass is 15.0. The number of rotatable bonds is 7. The monoisotopic (exact) mass is 647 g/mol. The Morgan fingerprint density at radius 3 is 1.58 bits per heavy atom. The van der Waals surface area contributed by atoms with E-state index in [0.29, 0.717) is 29.3 Å². The Morgan fingerprint density at radius 2 is 0.920 bits per heavy atom. The fourth-order valence-corrected chi connectivity index (χ4v) is 6.46. The summed E-state index contributed by atoms with van der Waals surface area (Å²) >= 11 is 0. The second-order valence-electron chi connectivity index (χ2n) is 13.4. The summed E-state index contributed by atoms with van der Waals surface area (Å²) in [5, 5.41) is 2.24. The van der Waals surface area contributed by atoms with Gasteiger partial charge in [0.25, 0.3) is 0 Å². The maximum Gasteiger partial charge on any atom is 0.164 e. The number of benzene rings is 5. The first-order valence-electron chi connectivity index (χ1n) is 17.2. The molecule has 242 valence electrons. The summed E-state index contributed by atoms with van der Waals surface area (Å²) < 4.78 is 0. The molecular formula is C45H37N5. The summed E-state index contributed by atoms with van der Waals surface area (Å²) in [6, 6.07) is 48.0. The van der Waals surface area contributed by atoms with Crippen LogP contribution < -0.4 is 0 Å². The zero-order valence-corrected chi connectivity index (χ0v) is 28.7. The fraction of sp³-hybridized carbons (Fsp3) is 0.133. The summed E-state index contributed by atoms with van der Waals surface area (Å²) in [6.45, 7) is 8.88. The molecule has 5 aromatic carbocycles. The highest BCUT2D eigenvalue weighted by molar-refractivity contribution is 6.04. The van der Waals surface area contributed by atoms with Gasteiger partial charge in [0, 0.05) is 38.7 Å². The lowest BCUT2D eigenvalue weighted by Gasteiger charge is -2.16. The van der Waals surface area contributed by atoms with Crippen LogP contribution in [-0.2, 0) is 0 Å². The molecule has 0 saturated carbocycles. The van der Waals surface area contributed by atoms with E-state index in [1.165, 1.54) is 16.5 Å². The zero-order chi connectivity index (χ0) is 34.2. The first-order chi connectivity index (χ1) is 24.4. The Hall–Kier alpha value is -6.07. The molecule has 0 bridgehead atoms. The Balaban J connectivity index is 1.23. The minimum absolute atomic E-state index is 0.319. The van der Waals surface area contributed by atoms with E-state index < -0.39 is 0 Å². The first kappa shape index (κ1) is 31.2. The van der Waals surface area contributed by atoms with Gasteiger partial charge >= 0.3 is 0 Å². The van der Waals surface area contributed by atoms with E-state index in [1.54, 1.807) is 0 Å². The molecule has 8 rings (SSSR count). The Kier molecular flexibility index (Phi) is 8.17. The van der Waals surface area contributed by atoms with E-state index in [9.17, 15) is 0 Å². The lowest BCUT2D eigenvalue weighted by Crippen LogP contribution is -2.01. The summed E-state index contributed by atoms with van der Waals surface area (Å²) in [4.78, 5) is 25.4. The molecule has 0 aliphatic carbocycles. The van der Waals surface area contributed by atoms with Gasteiger partial charge in [0.1, 0.15) is 0 Å². The van der Waals surface area contributed by atoms with Crippen molar-refractivity contribution in [3.63, 3.8) is 0 Å². The molecule has 0 spiro atoms. The Labute approximate surface area is 292 Å². The summed E-state index contributed by atoms with van der Waals surface area (Å²) in [6.07, 6.45) is 0. The van der Waals surface area contributed by atoms with Gasteiger partial charge in [-0.2, -0.15) is 0 Å². The molecule has 0 radical (unpaired) electrons. The summed E-state index contributed by atoms with van der Waals surface area (Å²) in [7, 11) is 0. The molecule has 0 saturated heterocycles. The van der Waals surface area contributed by atoms with Crippen molar-refractivity contribution >= 4 is 21.8 Å². The molecule has 50 heavy (non-hydrogen) atoms. The minimum Gasteiger partial charge on any atom is -0.250 e. The number of hydrogen-bond acceptors (Lipinski definition) is 5. The SMILES string of the molecule is CC(C)c1cc(C(C)C)c2ccc3ccc(-c4cccc(-c5nc(-c6ccccc6)nc(-c6ccc(-c7ccccc7)cc6)n5)c4)nc3c2n1. The van der Waals surface area contributed by atoms with Gasteiger partial charge in [-0.05, 0) is 46.7 Å².